The number of esters is 1. The Kier molecular flexibility index (Phi) is 5.40. The van der Waals surface area contributed by atoms with Crippen molar-refractivity contribution in [1.82, 2.24) is 5.32 Å². The van der Waals surface area contributed by atoms with E-state index in [1.54, 1.807) is 0 Å². The van der Waals surface area contributed by atoms with Gasteiger partial charge in [0.25, 0.3) is 0 Å². The van der Waals surface area contributed by atoms with Crippen LogP contribution in [0.25, 0.3) is 0 Å². The van der Waals surface area contributed by atoms with Gasteiger partial charge in [0.15, 0.2) is 0 Å². The van der Waals surface area contributed by atoms with Crippen molar-refractivity contribution in [3.05, 3.63) is 35.4 Å². The van der Waals surface area contributed by atoms with Gasteiger partial charge in [0.2, 0.25) is 0 Å². The van der Waals surface area contributed by atoms with Crippen LogP contribution in [0.4, 0.5) is 0 Å². The van der Waals surface area contributed by atoms with Gasteiger partial charge in [-0.05, 0) is 43.4 Å². The molecule has 2 rings (SSSR count). The van der Waals surface area contributed by atoms with Crippen LogP contribution in [0.5, 0.6) is 0 Å². The first-order valence-electron chi connectivity index (χ1n) is 7.19. The summed E-state index contributed by atoms with van der Waals surface area (Å²) in [7, 11) is 1.44. The highest BCUT2D eigenvalue weighted by Crippen LogP contribution is 2.28. The lowest BCUT2D eigenvalue weighted by molar-refractivity contribution is -0.140. The van der Waals surface area contributed by atoms with Crippen LogP contribution in [0.3, 0.4) is 0 Å². The first kappa shape index (κ1) is 14.1. The Hall–Kier alpha value is -1.35. The molecular weight excluding hydrogens is 238 g/mol. The van der Waals surface area contributed by atoms with Crippen LogP contribution in [0, 0.1) is 0 Å². The normalized spacial score (nSPS) is 18.5. The molecule has 0 amide bonds. The van der Waals surface area contributed by atoms with Gasteiger partial charge in [0.05, 0.1) is 7.11 Å². The summed E-state index contributed by atoms with van der Waals surface area (Å²) in [6, 6.07) is 9.16. The second-order valence-corrected chi connectivity index (χ2v) is 5.13. The van der Waals surface area contributed by atoms with E-state index in [9.17, 15) is 4.79 Å². The van der Waals surface area contributed by atoms with Crippen LogP contribution < -0.4 is 5.32 Å². The molecule has 0 radical (unpaired) electrons. The first-order chi connectivity index (χ1) is 9.31. The van der Waals surface area contributed by atoms with E-state index in [-0.39, 0.29) is 5.97 Å². The molecule has 0 fully saturated rings. The second kappa shape index (κ2) is 7.29. The van der Waals surface area contributed by atoms with Crippen molar-refractivity contribution in [3.8, 4) is 0 Å². The molecule has 0 saturated carbocycles. The summed E-state index contributed by atoms with van der Waals surface area (Å²) in [5.41, 5.74) is 2.92. The van der Waals surface area contributed by atoms with E-state index in [1.807, 2.05) is 0 Å². The predicted molar refractivity (Wildman–Crippen MR) is 76.0 cm³/mol. The molecule has 1 atom stereocenters. The molecule has 1 unspecified atom stereocenters. The zero-order chi connectivity index (χ0) is 13.5. The van der Waals surface area contributed by atoms with Gasteiger partial charge in [-0.25, -0.2) is 0 Å². The van der Waals surface area contributed by atoms with E-state index in [1.165, 1.54) is 43.9 Å². The number of ether oxygens (including phenoxy) is 1. The van der Waals surface area contributed by atoms with E-state index in [2.05, 4.69) is 34.3 Å². The Bertz CT molecular complexity index is 417. The molecule has 19 heavy (non-hydrogen) atoms. The number of benzene rings is 1. The Labute approximate surface area is 115 Å². The Morgan fingerprint density at radius 3 is 3.05 bits per heavy atom. The molecule has 3 heteroatoms. The summed E-state index contributed by atoms with van der Waals surface area (Å²) in [6.07, 6.45) is 6.26. The van der Waals surface area contributed by atoms with Crippen LogP contribution in [0.1, 0.15) is 49.3 Å². The highest BCUT2D eigenvalue weighted by molar-refractivity contribution is 5.69. The SMILES string of the molecule is COC(=O)CCCNC1CCCCc2ccccc21. The lowest BCUT2D eigenvalue weighted by Gasteiger charge is -2.19. The van der Waals surface area contributed by atoms with Crippen molar-refractivity contribution in [2.75, 3.05) is 13.7 Å². The topological polar surface area (TPSA) is 38.3 Å². The lowest BCUT2D eigenvalue weighted by Crippen LogP contribution is -2.23. The molecule has 1 N–H and O–H groups in total. The Morgan fingerprint density at radius 2 is 2.21 bits per heavy atom. The van der Waals surface area contributed by atoms with Gasteiger partial charge in [-0.3, -0.25) is 4.79 Å². The van der Waals surface area contributed by atoms with Crippen LogP contribution in [0.15, 0.2) is 24.3 Å². The number of hydrogen-bond acceptors (Lipinski definition) is 3. The maximum Gasteiger partial charge on any atom is 0.305 e. The summed E-state index contributed by atoms with van der Waals surface area (Å²) in [5.74, 6) is -0.122. The minimum atomic E-state index is -0.122. The molecule has 1 aromatic carbocycles. The number of rotatable bonds is 5. The van der Waals surface area contributed by atoms with Crippen molar-refractivity contribution < 1.29 is 9.53 Å². The standard InChI is InChI=1S/C16H23NO2/c1-19-16(18)11-6-12-17-15-10-5-3-8-13-7-2-4-9-14(13)15/h2,4,7,9,15,17H,3,5-6,8,10-12H2,1H3. The largest absolute Gasteiger partial charge is 0.469 e. The van der Waals surface area contributed by atoms with Gasteiger partial charge < -0.3 is 10.1 Å². The van der Waals surface area contributed by atoms with Crippen LogP contribution in [-0.4, -0.2) is 19.6 Å². The summed E-state index contributed by atoms with van der Waals surface area (Å²) in [6.45, 7) is 0.869. The van der Waals surface area contributed by atoms with Crippen molar-refractivity contribution >= 4 is 5.97 Å². The fourth-order valence-electron chi connectivity index (χ4n) is 2.74. The molecule has 0 bridgehead atoms. The third-order valence-electron chi connectivity index (χ3n) is 3.80. The second-order valence-electron chi connectivity index (χ2n) is 5.13. The van der Waals surface area contributed by atoms with Crippen LogP contribution in [0.2, 0.25) is 0 Å². The fourth-order valence-corrected chi connectivity index (χ4v) is 2.74. The summed E-state index contributed by atoms with van der Waals surface area (Å²) >= 11 is 0. The molecule has 0 spiro atoms. The Morgan fingerprint density at radius 1 is 1.37 bits per heavy atom. The average Bonchev–Trinajstić information content (AvgIpc) is 2.66. The molecule has 0 aromatic heterocycles. The third kappa shape index (κ3) is 4.06. The highest BCUT2D eigenvalue weighted by Gasteiger charge is 2.17. The van der Waals surface area contributed by atoms with Gasteiger partial charge in [0, 0.05) is 12.5 Å². The zero-order valence-electron chi connectivity index (χ0n) is 11.7. The van der Waals surface area contributed by atoms with Gasteiger partial charge in [-0.2, -0.15) is 0 Å². The third-order valence-corrected chi connectivity index (χ3v) is 3.80. The number of methoxy groups -OCH3 is 1. The lowest BCUT2D eigenvalue weighted by atomic mass is 9.99. The minimum Gasteiger partial charge on any atom is -0.469 e. The summed E-state index contributed by atoms with van der Waals surface area (Å²) in [5, 5.41) is 3.59. The van der Waals surface area contributed by atoms with Crippen molar-refractivity contribution in [1.29, 1.82) is 0 Å². The quantitative estimate of drug-likeness (QED) is 0.503. The smallest absolute Gasteiger partial charge is 0.305 e. The zero-order valence-corrected chi connectivity index (χ0v) is 11.7. The number of fused-ring (bicyclic) bond motifs is 1. The molecule has 0 saturated heterocycles. The van der Waals surface area contributed by atoms with Crippen molar-refractivity contribution in [2.24, 2.45) is 0 Å². The molecule has 1 aromatic rings. The van der Waals surface area contributed by atoms with Crippen molar-refractivity contribution in [2.45, 2.75) is 44.6 Å². The number of carbonyl (C=O) groups excluding carboxylic acids is 1. The highest BCUT2D eigenvalue weighted by atomic mass is 16.5. The van der Waals surface area contributed by atoms with E-state index < -0.39 is 0 Å². The average molecular weight is 261 g/mol. The maximum atomic E-state index is 11.1. The van der Waals surface area contributed by atoms with E-state index in [4.69, 9.17) is 0 Å². The fraction of sp³-hybridized carbons (Fsp3) is 0.562. The number of aryl methyl sites for hydroxylation is 1. The Balaban J connectivity index is 1.88. The van der Waals surface area contributed by atoms with Crippen LogP contribution >= 0.6 is 0 Å². The van der Waals surface area contributed by atoms with E-state index >= 15 is 0 Å². The molecular formula is C16H23NO2. The molecule has 0 aliphatic heterocycles. The number of hydrogen-bond donors (Lipinski definition) is 1. The monoisotopic (exact) mass is 261 g/mol. The molecule has 0 heterocycles. The molecule has 104 valence electrons. The molecule has 3 nitrogen and oxygen atoms in total. The predicted octanol–water partition coefficient (Wildman–Crippen LogP) is 3.00. The van der Waals surface area contributed by atoms with E-state index in [0.29, 0.717) is 12.5 Å². The maximum absolute atomic E-state index is 11.1. The molecule has 1 aliphatic carbocycles. The number of nitrogens with one attached hydrogen (secondary N) is 1. The first-order valence-corrected chi connectivity index (χ1v) is 7.19. The van der Waals surface area contributed by atoms with E-state index in [0.717, 1.165) is 13.0 Å². The van der Waals surface area contributed by atoms with Gasteiger partial charge >= 0.3 is 5.97 Å². The van der Waals surface area contributed by atoms with Crippen molar-refractivity contribution in [3.63, 3.8) is 0 Å². The van der Waals surface area contributed by atoms with Crippen LogP contribution in [-0.2, 0) is 16.0 Å². The summed E-state index contributed by atoms with van der Waals surface area (Å²) in [4.78, 5) is 11.1. The van der Waals surface area contributed by atoms with Gasteiger partial charge in [-0.1, -0.05) is 30.7 Å². The van der Waals surface area contributed by atoms with Gasteiger partial charge in [-0.15, -0.1) is 0 Å². The van der Waals surface area contributed by atoms with Gasteiger partial charge in [0.1, 0.15) is 0 Å². The minimum absolute atomic E-state index is 0.122. The summed E-state index contributed by atoms with van der Waals surface area (Å²) < 4.78 is 4.65. The molecule has 1 aliphatic rings. The number of carbonyl (C=O) groups is 1.